The van der Waals surface area contributed by atoms with Crippen molar-refractivity contribution in [3.8, 4) is 5.75 Å². The molecule has 1 aromatic carbocycles. The quantitative estimate of drug-likeness (QED) is 0.713. The number of carbonyl (C=O) groups excluding carboxylic acids is 1. The molecule has 0 saturated carbocycles. The lowest BCUT2D eigenvalue weighted by Crippen LogP contribution is -2.06. The molecular formula is C18H22O3. The van der Waals surface area contributed by atoms with Crippen LogP contribution in [0.4, 0.5) is 0 Å². The zero-order valence-corrected chi connectivity index (χ0v) is 12.9. The van der Waals surface area contributed by atoms with Crippen LogP contribution in [0, 0.1) is 5.92 Å². The molecule has 0 amide bonds. The first-order valence-electron chi connectivity index (χ1n) is 7.40. The van der Waals surface area contributed by atoms with E-state index in [9.17, 15) is 4.79 Å². The monoisotopic (exact) mass is 286 g/mol. The third kappa shape index (κ3) is 4.22. The van der Waals surface area contributed by atoms with E-state index in [1.165, 1.54) is 5.56 Å². The second kappa shape index (κ2) is 7.11. The van der Waals surface area contributed by atoms with Crippen molar-refractivity contribution in [1.82, 2.24) is 0 Å². The molecule has 0 aliphatic carbocycles. The lowest BCUT2D eigenvalue weighted by atomic mass is 10.0. The Kier molecular flexibility index (Phi) is 5.20. The summed E-state index contributed by atoms with van der Waals surface area (Å²) >= 11 is 0. The van der Waals surface area contributed by atoms with Crippen molar-refractivity contribution < 1.29 is 13.9 Å². The molecule has 21 heavy (non-hydrogen) atoms. The molecule has 3 heteroatoms. The van der Waals surface area contributed by atoms with Crippen molar-refractivity contribution in [3.05, 3.63) is 53.0 Å². The molecule has 3 nitrogen and oxygen atoms in total. The number of furan rings is 1. The number of aryl methyl sites for hydroxylation is 1. The van der Waals surface area contributed by atoms with Gasteiger partial charge in [0.2, 0.25) is 0 Å². The van der Waals surface area contributed by atoms with E-state index in [1.54, 1.807) is 6.07 Å². The second-order valence-electron chi connectivity index (χ2n) is 5.60. The Balaban J connectivity index is 2.23. The van der Waals surface area contributed by atoms with Crippen molar-refractivity contribution in [2.24, 2.45) is 5.92 Å². The number of hydrogen-bond donors (Lipinski definition) is 0. The van der Waals surface area contributed by atoms with Gasteiger partial charge in [-0.1, -0.05) is 32.9 Å². The van der Waals surface area contributed by atoms with E-state index in [1.807, 2.05) is 12.1 Å². The number of aldehydes is 1. The van der Waals surface area contributed by atoms with Gasteiger partial charge in [0.1, 0.15) is 11.5 Å². The van der Waals surface area contributed by atoms with Gasteiger partial charge in [-0.25, -0.2) is 0 Å². The first kappa shape index (κ1) is 15.4. The van der Waals surface area contributed by atoms with E-state index in [-0.39, 0.29) is 0 Å². The molecule has 0 aliphatic heterocycles. The fourth-order valence-electron chi connectivity index (χ4n) is 2.13. The lowest BCUT2D eigenvalue weighted by Gasteiger charge is -2.14. The van der Waals surface area contributed by atoms with Crippen LogP contribution in [0.25, 0.3) is 0 Å². The van der Waals surface area contributed by atoms with Gasteiger partial charge < -0.3 is 9.15 Å². The summed E-state index contributed by atoms with van der Waals surface area (Å²) in [5.41, 5.74) is 2.37. The minimum absolute atomic E-state index is 0.362. The molecule has 0 fully saturated rings. The molecule has 0 unspecified atom stereocenters. The smallest absolute Gasteiger partial charge is 0.185 e. The van der Waals surface area contributed by atoms with Crippen LogP contribution in [0.2, 0.25) is 0 Å². The largest absolute Gasteiger partial charge is 0.493 e. The Morgan fingerprint density at radius 1 is 1.24 bits per heavy atom. The fourth-order valence-corrected chi connectivity index (χ4v) is 2.13. The summed E-state index contributed by atoms with van der Waals surface area (Å²) < 4.78 is 11.4. The van der Waals surface area contributed by atoms with Gasteiger partial charge in [-0.2, -0.15) is 0 Å². The Bertz CT molecular complexity index is 596. The van der Waals surface area contributed by atoms with Crippen LogP contribution >= 0.6 is 0 Å². The van der Waals surface area contributed by atoms with Crippen LogP contribution in [0.15, 0.2) is 34.7 Å². The second-order valence-corrected chi connectivity index (χ2v) is 5.60. The maximum Gasteiger partial charge on any atom is 0.185 e. The molecular weight excluding hydrogens is 264 g/mol. The highest BCUT2D eigenvalue weighted by Crippen LogP contribution is 2.25. The van der Waals surface area contributed by atoms with Crippen LogP contribution < -0.4 is 4.74 Å². The predicted molar refractivity (Wildman–Crippen MR) is 83.1 cm³/mol. The molecule has 0 saturated heterocycles. The zero-order valence-electron chi connectivity index (χ0n) is 12.9. The first-order chi connectivity index (χ1) is 10.1. The number of hydrogen-bond acceptors (Lipinski definition) is 3. The summed E-state index contributed by atoms with van der Waals surface area (Å²) in [5, 5.41) is 0. The first-order valence-corrected chi connectivity index (χ1v) is 7.40. The Morgan fingerprint density at radius 2 is 2.05 bits per heavy atom. The number of benzene rings is 1. The SMILES string of the molecule is CCc1ccc(OCC(C)C)c(Cc2ccc(C=O)o2)c1. The molecule has 1 heterocycles. The third-order valence-electron chi connectivity index (χ3n) is 3.27. The van der Waals surface area contributed by atoms with Gasteiger partial charge in [0.05, 0.1) is 6.61 Å². The number of ether oxygens (including phenoxy) is 1. The van der Waals surface area contributed by atoms with Gasteiger partial charge in [-0.05, 0) is 36.1 Å². The standard InChI is InChI=1S/C18H22O3/c1-4-14-5-8-18(20-12-13(2)3)15(9-14)10-16-6-7-17(11-19)21-16/h5-9,11,13H,4,10,12H2,1-3H3. The van der Waals surface area contributed by atoms with E-state index < -0.39 is 0 Å². The van der Waals surface area contributed by atoms with Crippen LogP contribution in [-0.4, -0.2) is 12.9 Å². The van der Waals surface area contributed by atoms with Crippen LogP contribution in [0.3, 0.4) is 0 Å². The van der Waals surface area contributed by atoms with Crippen molar-refractivity contribution in [2.45, 2.75) is 33.6 Å². The van der Waals surface area contributed by atoms with Crippen molar-refractivity contribution in [2.75, 3.05) is 6.61 Å². The van der Waals surface area contributed by atoms with Crippen LogP contribution in [0.1, 0.15) is 48.2 Å². The van der Waals surface area contributed by atoms with E-state index in [0.717, 1.165) is 29.8 Å². The van der Waals surface area contributed by atoms with Crippen molar-refractivity contribution in [1.29, 1.82) is 0 Å². The van der Waals surface area contributed by atoms with Crippen LogP contribution in [0.5, 0.6) is 5.75 Å². The van der Waals surface area contributed by atoms with Gasteiger partial charge in [0.15, 0.2) is 12.0 Å². The normalized spacial score (nSPS) is 10.9. The van der Waals surface area contributed by atoms with Crippen molar-refractivity contribution in [3.63, 3.8) is 0 Å². The summed E-state index contributed by atoms with van der Waals surface area (Å²) in [6.45, 7) is 7.08. The maximum atomic E-state index is 10.7. The third-order valence-corrected chi connectivity index (χ3v) is 3.27. The topological polar surface area (TPSA) is 39.4 Å². The van der Waals surface area contributed by atoms with Gasteiger partial charge in [0, 0.05) is 12.0 Å². The minimum atomic E-state index is 0.362. The van der Waals surface area contributed by atoms with Gasteiger partial charge in [-0.3, -0.25) is 4.79 Å². The number of carbonyl (C=O) groups is 1. The minimum Gasteiger partial charge on any atom is -0.493 e. The Labute approximate surface area is 125 Å². The molecule has 112 valence electrons. The van der Waals surface area contributed by atoms with Gasteiger partial charge in [0.25, 0.3) is 0 Å². The van der Waals surface area contributed by atoms with Crippen molar-refractivity contribution >= 4 is 6.29 Å². The number of rotatable bonds is 7. The molecule has 1 aromatic heterocycles. The lowest BCUT2D eigenvalue weighted by molar-refractivity contribution is 0.109. The maximum absolute atomic E-state index is 10.7. The summed E-state index contributed by atoms with van der Waals surface area (Å²) in [4.78, 5) is 10.7. The molecule has 0 radical (unpaired) electrons. The predicted octanol–water partition coefficient (Wildman–Crippen LogP) is 4.28. The average molecular weight is 286 g/mol. The highest BCUT2D eigenvalue weighted by atomic mass is 16.5. The summed E-state index contributed by atoms with van der Waals surface area (Å²) in [7, 11) is 0. The summed E-state index contributed by atoms with van der Waals surface area (Å²) in [5.74, 6) is 2.51. The molecule has 0 spiro atoms. The molecule has 2 aromatic rings. The molecule has 2 rings (SSSR count). The molecule has 0 aliphatic rings. The highest BCUT2D eigenvalue weighted by Gasteiger charge is 2.10. The molecule has 0 bridgehead atoms. The summed E-state index contributed by atoms with van der Waals surface area (Å²) in [6, 6.07) is 9.81. The molecule has 0 N–H and O–H groups in total. The summed E-state index contributed by atoms with van der Waals surface area (Å²) in [6.07, 6.45) is 2.34. The Hall–Kier alpha value is -2.03. The van der Waals surface area contributed by atoms with E-state index in [0.29, 0.717) is 24.7 Å². The van der Waals surface area contributed by atoms with Crippen LogP contribution in [-0.2, 0) is 12.8 Å². The Morgan fingerprint density at radius 3 is 2.67 bits per heavy atom. The highest BCUT2D eigenvalue weighted by molar-refractivity contribution is 5.70. The van der Waals surface area contributed by atoms with E-state index >= 15 is 0 Å². The zero-order chi connectivity index (χ0) is 15.2. The van der Waals surface area contributed by atoms with Gasteiger partial charge in [-0.15, -0.1) is 0 Å². The van der Waals surface area contributed by atoms with E-state index in [4.69, 9.17) is 9.15 Å². The molecule has 0 atom stereocenters. The van der Waals surface area contributed by atoms with E-state index in [2.05, 4.69) is 32.9 Å². The fraction of sp³-hybridized carbons (Fsp3) is 0.389. The average Bonchev–Trinajstić information content (AvgIpc) is 2.93. The van der Waals surface area contributed by atoms with Gasteiger partial charge >= 0.3 is 0 Å².